The van der Waals surface area contributed by atoms with E-state index in [0.717, 1.165) is 12.8 Å². The summed E-state index contributed by atoms with van der Waals surface area (Å²) in [6, 6.07) is 1.61. The molecule has 1 unspecified atom stereocenters. The molecule has 0 aromatic carbocycles. The van der Waals surface area contributed by atoms with Gasteiger partial charge in [-0.15, -0.1) is 0 Å². The summed E-state index contributed by atoms with van der Waals surface area (Å²) < 4.78 is 35.7. The topological polar surface area (TPSA) is 80.4 Å². The van der Waals surface area contributed by atoms with Crippen LogP contribution >= 0.6 is 0 Å². The lowest BCUT2D eigenvalue weighted by Gasteiger charge is -2.09. The first-order chi connectivity index (χ1) is 6.57. The molecule has 0 spiro atoms. The summed E-state index contributed by atoms with van der Waals surface area (Å²) in [7, 11) is -3.96. The zero-order valence-corrected chi connectivity index (χ0v) is 8.27. The molecule has 1 N–H and O–H groups in total. The predicted molar refractivity (Wildman–Crippen MR) is 48.3 cm³/mol. The molecule has 0 saturated heterocycles. The van der Waals surface area contributed by atoms with Gasteiger partial charge in [0.1, 0.15) is 6.26 Å². The van der Waals surface area contributed by atoms with Crippen LogP contribution in [0.4, 0.5) is 0 Å². The fraction of sp³-hybridized carbons (Fsp3) is 0.625. The van der Waals surface area contributed by atoms with E-state index in [1.54, 1.807) is 6.07 Å². The molecule has 0 aliphatic heterocycles. The molecule has 0 bridgehead atoms. The average molecular weight is 217 g/mol. The van der Waals surface area contributed by atoms with Crippen LogP contribution in [0.3, 0.4) is 0 Å². The maximum Gasteiger partial charge on any atom is 0.268 e. The SMILES string of the molecule is O=S(=O)(O)C(Cc1ccon1)C1CC1. The average Bonchev–Trinajstić information content (AvgIpc) is 2.77. The van der Waals surface area contributed by atoms with Crippen molar-refractivity contribution in [2.45, 2.75) is 24.5 Å². The minimum Gasteiger partial charge on any atom is -0.365 e. The molecule has 1 saturated carbocycles. The lowest BCUT2D eigenvalue weighted by molar-refractivity contribution is 0.407. The molecular formula is C8H11NO4S. The summed E-state index contributed by atoms with van der Waals surface area (Å²) in [5, 5.41) is 2.91. The standard InChI is InChI=1S/C8H11NO4S/c10-14(11,12)8(6-1-2-6)5-7-3-4-13-9-7/h3-4,6,8H,1-2,5H2,(H,10,11,12). The van der Waals surface area contributed by atoms with Crippen LogP contribution in [-0.2, 0) is 16.5 Å². The molecule has 1 fully saturated rings. The van der Waals surface area contributed by atoms with Crippen LogP contribution in [0.2, 0.25) is 0 Å². The fourth-order valence-corrected chi connectivity index (χ4v) is 2.67. The van der Waals surface area contributed by atoms with E-state index < -0.39 is 15.4 Å². The van der Waals surface area contributed by atoms with Crippen molar-refractivity contribution in [3.8, 4) is 0 Å². The van der Waals surface area contributed by atoms with Gasteiger partial charge in [0.05, 0.1) is 10.9 Å². The molecule has 1 aromatic rings. The van der Waals surface area contributed by atoms with E-state index in [2.05, 4.69) is 9.68 Å². The molecular weight excluding hydrogens is 206 g/mol. The molecule has 5 nitrogen and oxygen atoms in total. The second-order valence-electron chi connectivity index (χ2n) is 3.59. The van der Waals surface area contributed by atoms with Crippen LogP contribution < -0.4 is 0 Å². The van der Waals surface area contributed by atoms with Gasteiger partial charge in [0, 0.05) is 12.5 Å². The first-order valence-corrected chi connectivity index (χ1v) is 5.93. The summed E-state index contributed by atoms with van der Waals surface area (Å²) in [4.78, 5) is 0. The van der Waals surface area contributed by atoms with Crippen molar-refractivity contribution in [3.63, 3.8) is 0 Å². The molecule has 1 aromatic heterocycles. The van der Waals surface area contributed by atoms with Crippen LogP contribution in [0.25, 0.3) is 0 Å². The molecule has 2 rings (SSSR count). The van der Waals surface area contributed by atoms with E-state index in [4.69, 9.17) is 4.55 Å². The third-order valence-corrected chi connectivity index (χ3v) is 3.75. The summed E-state index contributed by atoms with van der Waals surface area (Å²) in [5.41, 5.74) is 0.569. The maximum absolute atomic E-state index is 11.0. The van der Waals surface area contributed by atoms with Crippen molar-refractivity contribution in [3.05, 3.63) is 18.0 Å². The molecule has 1 aliphatic rings. The van der Waals surface area contributed by atoms with Crippen LogP contribution in [0.1, 0.15) is 18.5 Å². The van der Waals surface area contributed by atoms with Crippen molar-refractivity contribution in [2.75, 3.05) is 0 Å². The van der Waals surface area contributed by atoms with Crippen LogP contribution in [0.5, 0.6) is 0 Å². The highest BCUT2D eigenvalue weighted by Gasteiger charge is 2.39. The summed E-state index contributed by atoms with van der Waals surface area (Å²) >= 11 is 0. The van der Waals surface area contributed by atoms with Crippen molar-refractivity contribution < 1.29 is 17.5 Å². The Hall–Kier alpha value is -0.880. The lowest BCUT2D eigenvalue weighted by atomic mass is 10.2. The zero-order chi connectivity index (χ0) is 10.2. The Balaban J connectivity index is 2.13. The number of aromatic nitrogens is 1. The Morgan fingerprint density at radius 1 is 1.64 bits per heavy atom. The van der Waals surface area contributed by atoms with Gasteiger partial charge in [0.2, 0.25) is 0 Å². The second-order valence-corrected chi connectivity index (χ2v) is 5.22. The van der Waals surface area contributed by atoms with E-state index >= 15 is 0 Å². The predicted octanol–water partition coefficient (Wildman–Crippen LogP) is 0.883. The minimum absolute atomic E-state index is 0.0849. The van der Waals surface area contributed by atoms with Gasteiger partial charge in [-0.05, 0) is 18.8 Å². The Bertz CT molecular complexity index is 393. The van der Waals surface area contributed by atoms with Crippen LogP contribution in [0, 0.1) is 5.92 Å². The van der Waals surface area contributed by atoms with Gasteiger partial charge >= 0.3 is 0 Å². The van der Waals surface area contributed by atoms with E-state index in [1.165, 1.54) is 6.26 Å². The number of nitrogens with zero attached hydrogens (tertiary/aromatic N) is 1. The number of hydrogen-bond donors (Lipinski definition) is 1. The Morgan fingerprint density at radius 3 is 2.79 bits per heavy atom. The molecule has 0 amide bonds. The first-order valence-electron chi connectivity index (χ1n) is 4.43. The maximum atomic E-state index is 11.0. The highest BCUT2D eigenvalue weighted by Crippen LogP contribution is 2.37. The van der Waals surface area contributed by atoms with Crippen molar-refractivity contribution in [2.24, 2.45) is 5.92 Å². The summed E-state index contributed by atoms with van der Waals surface area (Å²) in [6.45, 7) is 0. The third kappa shape index (κ3) is 2.13. The van der Waals surface area contributed by atoms with E-state index in [0.29, 0.717) is 5.69 Å². The largest absolute Gasteiger partial charge is 0.365 e. The zero-order valence-electron chi connectivity index (χ0n) is 7.46. The van der Waals surface area contributed by atoms with E-state index in [-0.39, 0.29) is 12.3 Å². The van der Waals surface area contributed by atoms with E-state index in [9.17, 15) is 8.42 Å². The van der Waals surface area contributed by atoms with Gasteiger partial charge in [-0.25, -0.2) is 0 Å². The number of rotatable bonds is 4. The van der Waals surface area contributed by atoms with Gasteiger partial charge in [0.25, 0.3) is 10.1 Å². The van der Waals surface area contributed by atoms with Gasteiger partial charge < -0.3 is 4.52 Å². The van der Waals surface area contributed by atoms with Gasteiger partial charge in [-0.3, -0.25) is 4.55 Å². The van der Waals surface area contributed by atoms with E-state index in [1.807, 2.05) is 0 Å². The molecule has 78 valence electrons. The molecule has 0 radical (unpaired) electrons. The monoisotopic (exact) mass is 217 g/mol. The van der Waals surface area contributed by atoms with Gasteiger partial charge in [-0.2, -0.15) is 8.42 Å². The Kier molecular flexibility index (Phi) is 2.32. The quantitative estimate of drug-likeness (QED) is 0.757. The van der Waals surface area contributed by atoms with Crippen LogP contribution in [-0.4, -0.2) is 23.4 Å². The smallest absolute Gasteiger partial charge is 0.268 e. The van der Waals surface area contributed by atoms with Crippen molar-refractivity contribution in [1.29, 1.82) is 0 Å². The molecule has 1 heterocycles. The summed E-state index contributed by atoms with van der Waals surface area (Å²) in [6.07, 6.45) is 3.36. The molecule has 6 heteroatoms. The Labute approximate surface area is 81.8 Å². The third-order valence-electron chi connectivity index (χ3n) is 2.43. The summed E-state index contributed by atoms with van der Waals surface area (Å²) in [5.74, 6) is 0.0849. The highest BCUT2D eigenvalue weighted by atomic mass is 32.2. The van der Waals surface area contributed by atoms with Crippen LogP contribution in [0.15, 0.2) is 16.9 Å². The molecule has 1 atom stereocenters. The van der Waals surface area contributed by atoms with Crippen molar-refractivity contribution in [1.82, 2.24) is 5.16 Å². The second kappa shape index (κ2) is 3.36. The normalized spacial score (nSPS) is 19.5. The first kappa shape index (κ1) is 9.67. The Morgan fingerprint density at radius 2 is 2.36 bits per heavy atom. The minimum atomic E-state index is -3.96. The van der Waals surface area contributed by atoms with Crippen molar-refractivity contribution >= 4 is 10.1 Å². The highest BCUT2D eigenvalue weighted by molar-refractivity contribution is 7.86. The molecule has 1 aliphatic carbocycles. The van der Waals surface area contributed by atoms with Gasteiger partial charge in [0.15, 0.2) is 0 Å². The number of hydrogen-bond acceptors (Lipinski definition) is 4. The molecule has 14 heavy (non-hydrogen) atoms. The lowest BCUT2D eigenvalue weighted by Crippen LogP contribution is -2.25. The fourth-order valence-electron chi connectivity index (χ4n) is 1.53. The van der Waals surface area contributed by atoms with Gasteiger partial charge in [-0.1, -0.05) is 5.16 Å².